The third-order valence-electron chi connectivity index (χ3n) is 8.27. The van der Waals surface area contributed by atoms with Crippen LogP contribution in [0.15, 0.2) is 60.7 Å². The minimum Gasteiger partial charge on any atom is -0.0654 e. The molecule has 4 rings (SSSR count). The average Bonchev–Trinajstić information content (AvgIpc) is 2.92. The standard InChI is InChI=1S/C36H46/c1-3-5-7-8-10-11-29-15-21-33(22-16-29)34-23-17-30(18-24-34)13-14-32-20-26-35-27-31(12-9-6-4-2)19-25-36(35)28-32/h17-20,23-29,33H,3-12,15-16,21-22H2,1-2H3/t29-,33-. The van der Waals surface area contributed by atoms with Gasteiger partial charge in [-0.1, -0.05) is 113 Å². The van der Waals surface area contributed by atoms with Gasteiger partial charge in [0.2, 0.25) is 0 Å². The van der Waals surface area contributed by atoms with Crippen LogP contribution in [0.4, 0.5) is 0 Å². The molecular weight excluding hydrogens is 432 g/mol. The molecule has 36 heavy (non-hydrogen) atoms. The third-order valence-corrected chi connectivity index (χ3v) is 8.27. The Labute approximate surface area is 220 Å². The number of hydrogen-bond acceptors (Lipinski definition) is 0. The maximum absolute atomic E-state index is 3.40. The molecule has 3 aromatic rings. The number of benzene rings is 3. The largest absolute Gasteiger partial charge is 0.0654 e. The quantitative estimate of drug-likeness (QED) is 0.190. The maximum atomic E-state index is 3.40. The van der Waals surface area contributed by atoms with Crippen molar-refractivity contribution in [2.24, 2.45) is 5.92 Å². The molecular formula is C36H46. The van der Waals surface area contributed by atoms with Crippen LogP contribution in [0, 0.1) is 17.8 Å². The molecule has 0 aromatic heterocycles. The van der Waals surface area contributed by atoms with Crippen molar-refractivity contribution in [2.75, 3.05) is 0 Å². The molecule has 1 aliphatic rings. The molecule has 0 nitrogen and oxygen atoms in total. The molecule has 0 atom stereocenters. The van der Waals surface area contributed by atoms with Crippen LogP contribution >= 0.6 is 0 Å². The molecule has 0 heteroatoms. The molecule has 190 valence electrons. The summed E-state index contributed by atoms with van der Waals surface area (Å²) < 4.78 is 0. The van der Waals surface area contributed by atoms with Gasteiger partial charge in [0.25, 0.3) is 0 Å². The SMILES string of the molecule is CCCCCCC[C@H]1CC[C@H](c2ccc(C#Cc3ccc4cc(CCCCC)ccc4c3)cc2)CC1. The molecule has 1 fully saturated rings. The number of hydrogen-bond donors (Lipinski definition) is 0. The Balaban J connectivity index is 1.28. The fraction of sp³-hybridized carbons (Fsp3) is 0.500. The van der Waals surface area contributed by atoms with Crippen LogP contribution in [0.5, 0.6) is 0 Å². The topological polar surface area (TPSA) is 0 Å². The number of fused-ring (bicyclic) bond motifs is 1. The van der Waals surface area contributed by atoms with Gasteiger partial charge >= 0.3 is 0 Å². The van der Waals surface area contributed by atoms with Crippen molar-refractivity contribution in [3.8, 4) is 11.8 Å². The molecule has 0 bridgehead atoms. The van der Waals surface area contributed by atoms with Crippen molar-refractivity contribution < 1.29 is 0 Å². The van der Waals surface area contributed by atoms with E-state index in [9.17, 15) is 0 Å². The zero-order valence-corrected chi connectivity index (χ0v) is 22.8. The second-order valence-corrected chi connectivity index (χ2v) is 11.1. The van der Waals surface area contributed by atoms with Gasteiger partial charge < -0.3 is 0 Å². The Hall–Kier alpha value is -2.52. The highest BCUT2D eigenvalue weighted by molar-refractivity contribution is 5.84. The first-order chi connectivity index (χ1) is 17.7. The highest BCUT2D eigenvalue weighted by atomic mass is 14.3. The minimum absolute atomic E-state index is 0.746. The fourth-order valence-corrected chi connectivity index (χ4v) is 5.91. The number of aryl methyl sites for hydroxylation is 1. The Kier molecular flexibility index (Phi) is 10.5. The lowest BCUT2D eigenvalue weighted by molar-refractivity contribution is 0.302. The van der Waals surface area contributed by atoms with E-state index in [4.69, 9.17) is 0 Å². The van der Waals surface area contributed by atoms with Crippen LogP contribution in [0.3, 0.4) is 0 Å². The molecule has 0 radical (unpaired) electrons. The maximum Gasteiger partial charge on any atom is 0.0255 e. The lowest BCUT2D eigenvalue weighted by atomic mass is 9.77. The Morgan fingerprint density at radius 3 is 2.03 bits per heavy atom. The van der Waals surface area contributed by atoms with Crippen molar-refractivity contribution in [1.82, 2.24) is 0 Å². The molecule has 0 unspecified atom stereocenters. The van der Waals surface area contributed by atoms with E-state index >= 15 is 0 Å². The van der Waals surface area contributed by atoms with Gasteiger partial charge in [-0.05, 0) is 96.5 Å². The van der Waals surface area contributed by atoms with E-state index in [1.807, 2.05) is 0 Å². The summed E-state index contributed by atoms with van der Waals surface area (Å²) in [5.74, 6) is 8.51. The van der Waals surface area contributed by atoms with Crippen molar-refractivity contribution >= 4 is 10.8 Å². The van der Waals surface area contributed by atoms with E-state index in [0.717, 1.165) is 23.0 Å². The monoisotopic (exact) mass is 478 g/mol. The smallest absolute Gasteiger partial charge is 0.0255 e. The van der Waals surface area contributed by atoms with Crippen molar-refractivity contribution in [3.05, 3.63) is 82.9 Å². The van der Waals surface area contributed by atoms with Crippen molar-refractivity contribution in [3.63, 3.8) is 0 Å². The summed E-state index contributed by atoms with van der Waals surface area (Å²) in [7, 11) is 0. The zero-order chi connectivity index (χ0) is 25.0. The van der Waals surface area contributed by atoms with Gasteiger partial charge in [0, 0.05) is 11.1 Å². The normalized spacial score (nSPS) is 17.6. The highest BCUT2D eigenvalue weighted by Crippen LogP contribution is 2.37. The highest BCUT2D eigenvalue weighted by Gasteiger charge is 2.21. The molecule has 1 aliphatic carbocycles. The molecule has 0 amide bonds. The summed E-state index contributed by atoms with van der Waals surface area (Å²) in [6.07, 6.45) is 19.2. The first kappa shape index (κ1) is 26.5. The number of rotatable bonds is 11. The first-order valence-electron chi connectivity index (χ1n) is 14.9. The van der Waals surface area contributed by atoms with Crippen LogP contribution in [0.25, 0.3) is 10.8 Å². The van der Waals surface area contributed by atoms with E-state index in [-0.39, 0.29) is 0 Å². The van der Waals surface area contributed by atoms with Gasteiger partial charge in [-0.15, -0.1) is 0 Å². The lowest BCUT2D eigenvalue weighted by Crippen LogP contribution is -2.13. The van der Waals surface area contributed by atoms with E-state index in [1.165, 1.54) is 112 Å². The molecule has 0 N–H and O–H groups in total. The summed E-state index contributed by atoms with van der Waals surface area (Å²) in [5, 5.41) is 2.61. The lowest BCUT2D eigenvalue weighted by Gasteiger charge is -2.29. The predicted molar refractivity (Wildman–Crippen MR) is 158 cm³/mol. The minimum atomic E-state index is 0.746. The molecule has 0 spiro atoms. The summed E-state index contributed by atoms with van der Waals surface area (Å²) in [4.78, 5) is 0. The van der Waals surface area contributed by atoms with Gasteiger partial charge in [-0.25, -0.2) is 0 Å². The Bertz CT molecular complexity index is 1120. The van der Waals surface area contributed by atoms with E-state index in [0.29, 0.717) is 0 Å². The summed E-state index contributed by atoms with van der Waals surface area (Å²) in [5.41, 5.74) is 5.18. The fourth-order valence-electron chi connectivity index (χ4n) is 5.91. The van der Waals surface area contributed by atoms with Crippen LogP contribution in [-0.2, 0) is 6.42 Å². The first-order valence-corrected chi connectivity index (χ1v) is 14.9. The predicted octanol–water partition coefficient (Wildman–Crippen LogP) is 10.6. The third kappa shape index (κ3) is 8.00. The van der Waals surface area contributed by atoms with Gasteiger partial charge in [-0.2, -0.15) is 0 Å². The molecule has 0 heterocycles. The Morgan fingerprint density at radius 2 is 1.25 bits per heavy atom. The van der Waals surface area contributed by atoms with Crippen LogP contribution in [0.1, 0.15) is 125 Å². The van der Waals surface area contributed by atoms with E-state index in [1.54, 1.807) is 0 Å². The molecule has 3 aromatic carbocycles. The molecule has 0 saturated heterocycles. The number of unbranched alkanes of at least 4 members (excludes halogenated alkanes) is 6. The Morgan fingerprint density at radius 1 is 0.611 bits per heavy atom. The zero-order valence-electron chi connectivity index (χ0n) is 22.8. The summed E-state index contributed by atoms with van der Waals surface area (Å²) >= 11 is 0. The van der Waals surface area contributed by atoms with Crippen LogP contribution in [-0.4, -0.2) is 0 Å². The van der Waals surface area contributed by atoms with Gasteiger partial charge in [0.1, 0.15) is 0 Å². The van der Waals surface area contributed by atoms with Gasteiger partial charge in [-0.3, -0.25) is 0 Å². The van der Waals surface area contributed by atoms with Gasteiger partial charge in [0.15, 0.2) is 0 Å². The summed E-state index contributed by atoms with van der Waals surface area (Å²) in [6.45, 7) is 4.56. The van der Waals surface area contributed by atoms with Crippen LogP contribution < -0.4 is 0 Å². The summed E-state index contributed by atoms with van der Waals surface area (Å²) in [6, 6.07) is 22.6. The van der Waals surface area contributed by atoms with Crippen molar-refractivity contribution in [2.45, 2.75) is 110 Å². The van der Waals surface area contributed by atoms with Crippen LogP contribution in [0.2, 0.25) is 0 Å². The van der Waals surface area contributed by atoms with E-state index < -0.39 is 0 Å². The second-order valence-electron chi connectivity index (χ2n) is 11.1. The molecule has 1 saturated carbocycles. The van der Waals surface area contributed by atoms with Crippen molar-refractivity contribution in [1.29, 1.82) is 0 Å². The van der Waals surface area contributed by atoms with E-state index in [2.05, 4.69) is 86.4 Å². The van der Waals surface area contributed by atoms with Gasteiger partial charge in [0.05, 0.1) is 0 Å². The molecule has 0 aliphatic heterocycles. The average molecular weight is 479 g/mol. The second kappa shape index (κ2) is 14.3.